The quantitative estimate of drug-likeness (QED) is 0.783. The van der Waals surface area contributed by atoms with Crippen LogP contribution < -0.4 is 10.1 Å². The molecule has 0 aromatic heterocycles. The molecular formula is C13H14ClNO4. The summed E-state index contributed by atoms with van der Waals surface area (Å²) in [5.74, 6) is -0.888. The Morgan fingerprint density at radius 1 is 1.47 bits per heavy atom. The highest BCUT2D eigenvalue weighted by atomic mass is 35.5. The summed E-state index contributed by atoms with van der Waals surface area (Å²) >= 11 is 5.97. The van der Waals surface area contributed by atoms with Gasteiger partial charge in [0, 0.05) is 12.6 Å². The van der Waals surface area contributed by atoms with Crippen molar-refractivity contribution in [2.75, 3.05) is 13.2 Å². The molecule has 102 valence electrons. The predicted octanol–water partition coefficient (Wildman–Crippen LogP) is 1.95. The van der Waals surface area contributed by atoms with Gasteiger partial charge in [0.25, 0.3) is 5.91 Å². The zero-order chi connectivity index (χ0) is 14.3. The fraction of sp³-hybridized carbons (Fsp3) is 0.231. The van der Waals surface area contributed by atoms with Crippen molar-refractivity contribution < 1.29 is 19.4 Å². The normalized spacial score (nSPS) is 10.4. The molecule has 0 aliphatic heterocycles. The molecule has 0 aliphatic carbocycles. The minimum Gasteiger partial charge on any atom is -0.482 e. The summed E-state index contributed by atoms with van der Waals surface area (Å²) in [6.07, 6.45) is 2.43. The number of likely N-dealkylation sites (N-methyl/N-ethyl adjacent to an activating group) is 1. The predicted molar refractivity (Wildman–Crippen MR) is 72.3 cm³/mol. The van der Waals surface area contributed by atoms with Crippen LogP contribution in [0.1, 0.15) is 12.5 Å². The van der Waals surface area contributed by atoms with Crippen LogP contribution in [0.25, 0.3) is 6.08 Å². The molecule has 0 saturated heterocycles. The summed E-state index contributed by atoms with van der Waals surface area (Å²) in [5, 5.41) is 11.4. The fourth-order valence-corrected chi connectivity index (χ4v) is 1.54. The summed E-state index contributed by atoms with van der Waals surface area (Å²) in [7, 11) is 0. The molecule has 1 amide bonds. The molecule has 0 fully saturated rings. The first-order valence-corrected chi connectivity index (χ1v) is 6.00. The monoisotopic (exact) mass is 283 g/mol. The van der Waals surface area contributed by atoms with Gasteiger partial charge in [-0.05, 0) is 30.7 Å². The van der Waals surface area contributed by atoms with Gasteiger partial charge in [0.05, 0.1) is 5.02 Å². The standard InChI is InChI=1S/C13H14ClNO4/c1-2-15-12(16)8-19-11-5-3-9(7-10(11)14)4-6-13(17)18/h3-7H,2,8H2,1H3,(H,15,16)(H,17,18). The van der Waals surface area contributed by atoms with Gasteiger partial charge in [-0.25, -0.2) is 4.79 Å². The lowest BCUT2D eigenvalue weighted by Crippen LogP contribution is -2.28. The van der Waals surface area contributed by atoms with Gasteiger partial charge in [0.15, 0.2) is 6.61 Å². The Hall–Kier alpha value is -2.01. The summed E-state index contributed by atoms with van der Waals surface area (Å²) < 4.78 is 5.25. The molecule has 0 radical (unpaired) electrons. The van der Waals surface area contributed by atoms with Gasteiger partial charge in [0.2, 0.25) is 0 Å². The summed E-state index contributed by atoms with van der Waals surface area (Å²) in [4.78, 5) is 21.6. The minimum atomic E-state index is -1.03. The van der Waals surface area contributed by atoms with Crippen LogP contribution in [0.2, 0.25) is 5.02 Å². The Labute approximate surface area is 115 Å². The lowest BCUT2D eigenvalue weighted by Gasteiger charge is -2.08. The number of hydrogen-bond acceptors (Lipinski definition) is 3. The maximum absolute atomic E-state index is 11.2. The van der Waals surface area contributed by atoms with Gasteiger partial charge in [-0.15, -0.1) is 0 Å². The van der Waals surface area contributed by atoms with Crippen LogP contribution in [0.3, 0.4) is 0 Å². The highest BCUT2D eigenvalue weighted by molar-refractivity contribution is 6.32. The van der Waals surface area contributed by atoms with Gasteiger partial charge >= 0.3 is 5.97 Å². The van der Waals surface area contributed by atoms with Crippen molar-refractivity contribution in [3.05, 3.63) is 34.9 Å². The molecule has 2 N–H and O–H groups in total. The van der Waals surface area contributed by atoms with E-state index in [1.165, 1.54) is 6.08 Å². The van der Waals surface area contributed by atoms with Crippen LogP contribution in [0, 0.1) is 0 Å². The van der Waals surface area contributed by atoms with Gasteiger partial charge in [-0.3, -0.25) is 4.79 Å². The number of halogens is 1. The van der Waals surface area contributed by atoms with E-state index in [1.807, 2.05) is 6.92 Å². The maximum Gasteiger partial charge on any atom is 0.328 e. The Bertz CT molecular complexity index is 499. The molecule has 0 aliphatic rings. The number of ether oxygens (including phenoxy) is 1. The second-order valence-electron chi connectivity index (χ2n) is 3.60. The van der Waals surface area contributed by atoms with Crippen molar-refractivity contribution in [1.29, 1.82) is 0 Å². The molecule has 0 unspecified atom stereocenters. The molecule has 0 spiro atoms. The van der Waals surface area contributed by atoms with Gasteiger partial charge in [-0.1, -0.05) is 17.7 Å². The average Bonchev–Trinajstić information content (AvgIpc) is 2.35. The largest absolute Gasteiger partial charge is 0.482 e. The molecule has 0 atom stereocenters. The maximum atomic E-state index is 11.2. The molecule has 1 rings (SSSR count). The Balaban J connectivity index is 2.67. The smallest absolute Gasteiger partial charge is 0.328 e. The Morgan fingerprint density at radius 2 is 2.21 bits per heavy atom. The molecular weight excluding hydrogens is 270 g/mol. The van der Waals surface area contributed by atoms with E-state index in [9.17, 15) is 9.59 Å². The van der Waals surface area contributed by atoms with Crippen LogP contribution in [0.15, 0.2) is 24.3 Å². The first-order chi connectivity index (χ1) is 9.02. The first kappa shape index (κ1) is 15.0. The van der Waals surface area contributed by atoms with E-state index in [4.69, 9.17) is 21.4 Å². The number of rotatable bonds is 6. The van der Waals surface area contributed by atoms with Crippen molar-refractivity contribution in [2.24, 2.45) is 0 Å². The number of carboxylic acids is 1. The third-order valence-corrected chi connectivity index (χ3v) is 2.40. The van der Waals surface area contributed by atoms with E-state index < -0.39 is 5.97 Å². The average molecular weight is 284 g/mol. The highest BCUT2D eigenvalue weighted by Crippen LogP contribution is 2.25. The third-order valence-electron chi connectivity index (χ3n) is 2.11. The molecule has 6 heteroatoms. The van der Waals surface area contributed by atoms with E-state index in [0.717, 1.165) is 6.08 Å². The Kier molecular flexibility index (Phi) is 5.89. The number of carbonyl (C=O) groups is 2. The van der Waals surface area contributed by atoms with Crippen molar-refractivity contribution in [3.63, 3.8) is 0 Å². The van der Waals surface area contributed by atoms with Gasteiger partial charge in [0.1, 0.15) is 5.75 Å². The van der Waals surface area contributed by atoms with Crippen molar-refractivity contribution in [2.45, 2.75) is 6.92 Å². The molecule has 1 aromatic rings. The first-order valence-electron chi connectivity index (χ1n) is 5.63. The van der Waals surface area contributed by atoms with Crippen LogP contribution in [-0.2, 0) is 9.59 Å². The van der Waals surface area contributed by atoms with E-state index in [0.29, 0.717) is 22.9 Å². The van der Waals surface area contributed by atoms with Gasteiger partial charge < -0.3 is 15.2 Å². The van der Waals surface area contributed by atoms with Crippen LogP contribution in [0.5, 0.6) is 5.75 Å². The summed E-state index contributed by atoms with van der Waals surface area (Å²) in [6.45, 7) is 2.24. The molecule has 19 heavy (non-hydrogen) atoms. The van der Waals surface area contributed by atoms with Crippen molar-refractivity contribution in [1.82, 2.24) is 5.32 Å². The number of hydrogen-bond donors (Lipinski definition) is 2. The number of carbonyl (C=O) groups excluding carboxylic acids is 1. The zero-order valence-electron chi connectivity index (χ0n) is 10.4. The van der Waals surface area contributed by atoms with Crippen molar-refractivity contribution in [3.8, 4) is 5.75 Å². The molecule has 5 nitrogen and oxygen atoms in total. The summed E-state index contributed by atoms with van der Waals surface area (Å²) in [6, 6.07) is 4.80. The SMILES string of the molecule is CCNC(=O)COc1ccc(C=CC(=O)O)cc1Cl. The lowest BCUT2D eigenvalue weighted by molar-refractivity contribution is -0.131. The fourth-order valence-electron chi connectivity index (χ4n) is 1.30. The van der Waals surface area contributed by atoms with Crippen LogP contribution in [0.4, 0.5) is 0 Å². The molecule has 0 bridgehead atoms. The number of aliphatic carboxylic acids is 1. The van der Waals surface area contributed by atoms with E-state index >= 15 is 0 Å². The van der Waals surface area contributed by atoms with Crippen molar-refractivity contribution >= 4 is 29.6 Å². The number of carboxylic acid groups (broad SMARTS) is 1. The van der Waals surface area contributed by atoms with E-state index in [-0.39, 0.29) is 12.5 Å². The van der Waals surface area contributed by atoms with Crippen LogP contribution in [-0.4, -0.2) is 30.1 Å². The topological polar surface area (TPSA) is 75.6 Å². The Morgan fingerprint density at radius 3 is 2.79 bits per heavy atom. The highest BCUT2D eigenvalue weighted by Gasteiger charge is 2.05. The second-order valence-corrected chi connectivity index (χ2v) is 4.01. The molecule has 1 aromatic carbocycles. The van der Waals surface area contributed by atoms with E-state index in [1.54, 1.807) is 18.2 Å². The second kappa shape index (κ2) is 7.43. The lowest BCUT2D eigenvalue weighted by atomic mass is 10.2. The summed E-state index contributed by atoms with van der Waals surface area (Å²) in [5.41, 5.74) is 0.637. The molecule has 0 heterocycles. The number of benzene rings is 1. The third kappa shape index (κ3) is 5.44. The van der Waals surface area contributed by atoms with Gasteiger partial charge in [-0.2, -0.15) is 0 Å². The minimum absolute atomic E-state index is 0.113. The number of nitrogens with one attached hydrogen (secondary N) is 1. The zero-order valence-corrected chi connectivity index (χ0v) is 11.1. The number of amides is 1. The van der Waals surface area contributed by atoms with E-state index in [2.05, 4.69) is 5.32 Å². The van der Waals surface area contributed by atoms with Crippen LogP contribution >= 0.6 is 11.6 Å². The molecule has 0 saturated carbocycles.